The van der Waals surface area contributed by atoms with E-state index in [9.17, 15) is 4.79 Å². The summed E-state index contributed by atoms with van der Waals surface area (Å²) in [6.07, 6.45) is 0.522. The van der Waals surface area contributed by atoms with Gasteiger partial charge >= 0.3 is 0 Å². The average molecular weight is 397 g/mol. The monoisotopic (exact) mass is 397 g/mol. The van der Waals surface area contributed by atoms with Gasteiger partial charge in [0.15, 0.2) is 0 Å². The molecule has 0 spiro atoms. The lowest BCUT2D eigenvalue weighted by molar-refractivity contribution is -0.116. The summed E-state index contributed by atoms with van der Waals surface area (Å²) in [5, 5.41) is 6.79. The zero-order valence-electron chi connectivity index (χ0n) is 16.6. The second kappa shape index (κ2) is 9.59. The molecule has 0 fully saturated rings. The van der Waals surface area contributed by atoms with Crippen molar-refractivity contribution in [2.75, 3.05) is 26.1 Å². The van der Waals surface area contributed by atoms with E-state index in [2.05, 4.69) is 15.5 Å². The second-order valence-electron chi connectivity index (χ2n) is 6.08. The molecule has 2 aromatic carbocycles. The summed E-state index contributed by atoms with van der Waals surface area (Å²) >= 11 is 0. The fraction of sp³-hybridized carbons (Fsp3) is 0.286. The van der Waals surface area contributed by atoms with E-state index in [1.807, 2.05) is 31.2 Å². The van der Waals surface area contributed by atoms with Crippen LogP contribution in [0.15, 0.2) is 47.0 Å². The number of anilines is 1. The number of hydrogen-bond acceptors (Lipinski definition) is 7. The molecular weight excluding hydrogens is 374 g/mol. The fourth-order valence-electron chi connectivity index (χ4n) is 2.68. The molecule has 0 aliphatic heterocycles. The van der Waals surface area contributed by atoms with Crippen molar-refractivity contribution in [2.24, 2.45) is 0 Å². The Bertz CT molecular complexity index is 953. The summed E-state index contributed by atoms with van der Waals surface area (Å²) in [6.45, 7) is 2.54. The summed E-state index contributed by atoms with van der Waals surface area (Å²) in [6, 6.07) is 12.6. The number of carbonyl (C=O) groups excluding carboxylic acids is 1. The molecule has 0 saturated carbocycles. The topological polar surface area (TPSA) is 95.7 Å². The van der Waals surface area contributed by atoms with Gasteiger partial charge < -0.3 is 24.1 Å². The van der Waals surface area contributed by atoms with Gasteiger partial charge in [-0.15, -0.1) is 0 Å². The Morgan fingerprint density at radius 2 is 1.83 bits per heavy atom. The van der Waals surface area contributed by atoms with Gasteiger partial charge in [0, 0.05) is 24.5 Å². The number of aryl methyl sites for hydroxylation is 1. The highest BCUT2D eigenvalue weighted by Crippen LogP contribution is 2.29. The summed E-state index contributed by atoms with van der Waals surface area (Å²) < 4.78 is 21.1. The van der Waals surface area contributed by atoms with E-state index in [1.165, 1.54) is 7.11 Å². The van der Waals surface area contributed by atoms with Crippen molar-refractivity contribution in [2.45, 2.75) is 19.8 Å². The van der Waals surface area contributed by atoms with Crippen LogP contribution in [0.5, 0.6) is 17.2 Å². The van der Waals surface area contributed by atoms with Crippen LogP contribution in [0.4, 0.5) is 5.69 Å². The third kappa shape index (κ3) is 5.25. The Morgan fingerprint density at radius 3 is 2.52 bits per heavy atom. The Balaban J connectivity index is 1.57. The normalized spacial score (nSPS) is 10.4. The molecule has 0 unspecified atom stereocenters. The van der Waals surface area contributed by atoms with Crippen LogP contribution >= 0.6 is 0 Å². The van der Waals surface area contributed by atoms with Crippen molar-refractivity contribution in [3.05, 3.63) is 48.4 Å². The molecule has 8 heteroatoms. The number of ether oxygens (including phenoxy) is 3. The van der Waals surface area contributed by atoms with Crippen LogP contribution in [0.3, 0.4) is 0 Å². The van der Waals surface area contributed by atoms with E-state index >= 15 is 0 Å². The summed E-state index contributed by atoms with van der Waals surface area (Å²) in [5.74, 6) is 2.63. The van der Waals surface area contributed by atoms with Crippen molar-refractivity contribution >= 4 is 11.6 Å². The Hall–Kier alpha value is -3.55. The van der Waals surface area contributed by atoms with Gasteiger partial charge in [-0.25, -0.2) is 0 Å². The molecule has 1 N–H and O–H groups in total. The predicted octanol–water partition coefficient (Wildman–Crippen LogP) is 3.72. The minimum absolute atomic E-state index is 0.186. The van der Waals surface area contributed by atoms with Gasteiger partial charge in [0.2, 0.25) is 17.6 Å². The van der Waals surface area contributed by atoms with Gasteiger partial charge in [-0.2, -0.15) is 4.98 Å². The number of benzene rings is 2. The Kier molecular flexibility index (Phi) is 6.67. The molecular formula is C21H23N3O5. The molecule has 0 radical (unpaired) electrons. The van der Waals surface area contributed by atoms with Gasteiger partial charge in [0.25, 0.3) is 0 Å². The van der Waals surface area contributed by atoms with E-state index in [-0.39, 0.29) is 12.3 Å². The maximum atomic E-state index is 12.3. The summed E-state index contributed by atoms with van der Waals surface area (Å²) in [4.78, 5) is 16.6. The lowest BCUT2D eigenvalue weighted by Gasteiger charge is -2.11. The number of methoxy groups -OCH3 is 2. The third-order valence-electron chi connectivity index (χ3n) is 4.14. The molecule has 1 aromatic heterocycles. The van der Waals surface area contributed by atoms with Crippen LogP contribution in [0.2, 0.25) is 0 Å². The first-order valence-electron chi connectivity index (χ1n) is 9.20. The van der Waals surface area contributed by atoms with Crippen LogP contribution < -0.4 is 19.5 Å². The number of nitrogens with one attached hydrogen (secondary N) is 1. The highest BCUT2D eigenvalue weighted by Gasteiger charge is 2.13. The first-order valence-corrected chi connectivity index (χ1v) is 9.20. The smallest absolute Gasteiger partial charge is 0.227 e. The number of rotatable bonds is 9. The van der Waals surface area contributed by atoms with Crippen molar-refractivity contribution in [1.82, 2.24) is 10.1 Å². The number of aromatic nitrogens is 2. The zero-order chi connectivity index (χ0) is 20.6. The highest BCUT2D eigenvalue weighted by molar-refractivity contribution is 5.92. The second-order valence-corrected chi connectivity index (χ2v) is 6.08. The largest absolute Gasteiger partial charge is 0.497 e. The minimum Gasteiger partial charge on any atom is -0.497 e. The highest BCUT2D eigenvalue weighted by atomic mass is 16.5. The minimum atomic E-state index is -0.186. The molecule has 3 rings (SSSR count). The molecule has 0 saturated heterocycles. The molecule has 1 heterocycles. The third-order valence-corrected chi connectivity index (χ3v) is 4.14. The zero-order valence-corrected chi connectivity index (χ0v) is 16.6. The Morgan fingerprint density at radius 1 is 1.07 bits per heavy atom. The van der Waals surface area contributed by atoms with E-state index < -0.39 is 0 Å². The number of nitrogens with zero attached hydrogens (tertiary/aromatic N) is 2. The number of hydrogen-bond donors (Lipinski definition) is 1. The maximum Gasteiger partial charge on any atom is 0.227 e. The lowest BCUT2D eigenvalue weighted by Crippen LogP contribution is -2.13. The van der Waals surface area contributed by atoms with Crippen LogP contribution in [0.25, 0.3) is 11.4 Å². The standard InChI is InChI=1S/C21H23N3O5/c1-4-28-15-7-5-14(6-8-15)21-23-20(29-24-21)12-11-19(25)22-17-10-9-16(26-2)13-18(17)27-3/h5-10,13H,4,11-12H2,1-3H3,(H,22,25). The van der Waals surface area contributed by atoms with E-state index in [0.29, 0.717) is 41.9 Å². The molecule has 0 bridgehead atoms. The molecule has 1 amide bonds. The van der Waals surface area contributed by atoms with Crippen molar-refractivity contribution < 1.29 is 23.5 Å². The van der Waals surface area contributed by atoms with E-state index in [0.717, 1.165) is 11.3 Å². The SMILES string of the molecule is CCOc1ccc(-c2noc(CCC(=O)Nc3ccc(OC)cc3OC)n2)cc1. The summed E-state index contributed by atoms with van der Waals surface area (Å²) in [5.41, 5.74) is 1.38. The van der Waals surface area contributed by atoms with Crippen molar-refractivity contribution in [3.63, 3.8) is 0 Å². The molecule has 152 valence electrons. The fourth-order valence-corrected chi connectivity index (χ4v) is 2.68. The number of carbonyl (C=O) groups is 1. The maximum absolute atomic E-state index is 12.3. The van der Waals surface area contributed by atoms with Crippen LogP contribution in [-0.4, -0.2) is 36.9 Å². The van der Waals surface area contributed by atoms with Crippen LogP contribution in [0, 0.1) is 0 Å². The molecule has 8 nitrogen and oxygen atoms in total. The van der Waals surface area contributed by atoms with Crippen LogP contribution in [0.1, 0.15) is 19.2 Å². The Labute approximate surface area is 168 Å². The predicted molar refractivity (Wildman–Crippen MR) is 107 cm³/mol. The molecule has 29 heavy (non-hydrogen) atoms. The molecule has 0 atom stereocenters. The lowest BCUT2D eigenvalue weighted by atomic mass is 10.2. The summed E-state index contributed by atoms with van der Waals surface area (Å²) in [7, 11) is 3.10. The van der Waals surface area contributed by atoms with Gasteiger partial charge in [0.1, 0.15) is 17.2 Å². The van der Waals surface area contributed by atoms with Gasteiger partial charge in [-0.1, -0.05) is 5.16 Å². The van der Waals surface area contributed by atoms with Crippen molar-refractivity contribution in [3.8, 4) is 28.6 Å². The number of amides is 1. The molecule has 0 aliphatic carbocycles. The van der Waals surface area contributed by atoms with Gasteiger partial charge in [0.05, 0.1) is 26.5 Å². The first-order chi connectivity index (χ1) is 14.1. The first kappa shape index (κ1) is 20.2. The van der Waals surface area contributed by atoms with Gasteiger partial charge in [-0.3, -0.25) is 4.79 Å². The average Bonchev–Trinajstić information content (AvgIpc) is 3.22. The van der Waals surface area contributed by atoms with Gasteiger partial charge in [-0.05, 0) is 43.3 Å². The molecule has 3 aromatic rings. The van der Waals surface area contributed by atoms with Crippen LogP contribution in [-0.2, 0) is 11.2 Å². The molecule has 0 aliphatic rings. The van der Waals surface area contributed by atoms with E-state index in [1.54, 1.807) is 25.3 Å². The van der Waals surface area contributed by atoms with E-state index in [4.69, 9.17) is 18.7 Å². The van der Waals surface area contributed by atoms with Crippen molar-refractivity contribution in [1.29, 1.82) is 0 Å². The quantitative estimate of drug-likeness (QED) is 0.588.